The van der Waals surface area contributed by atoms with Crippen LogP contribution in [0.1, 0.15) is 34.8 Å². The quantitative estimate of drug-likeness (QED) is 0.891. The van der Waals surface area contributed by atoms with Crippen LogP contribution in [-0.2, 0) is 0 Å². The molecule has 0 unspecified atom stereocenters. The van der Waals surface area contributed by atoms with E-state index < -0.39 is 12.5 Å². The Morgan fingerprint density at radius 2 is 2.22 bits per heavy atom. The Morgan fingerprint density at radius 1 is 1.56 bits per heavy atom. The van der Waals surface area contributed by atoms with Crippen LogP contribution in [0.2, 0.25) is 0 Å². The van der Waals surface area contributed by atoms with Gasteiger partial charge >= 0.3 is 6.09 Å². The van der Waals surface area contributed by atoms with Gasteiger partial charge in [-0.2, -0.15) is 4.68 Å². The molecule has 0 atom stereocenters. The highest BCUT2D eigenvalue weighted by Crippen LogP contribution is 2.93. The Morgan fingerprint density at radius 3 is 2.72 bits per heavy atom. The molecule has 0 saturated heterocycles. The lowest BCUT2D eigenvalue weighted by Crippen LogP contribution is -2.08. The van der Waals surface area contributed by atoms with Crippen molar-refractivity contribution in [2.24, 2.45) is 16.7 Å². The van der Waals surface area contributed by atoms with E-state index in [0.717, 1.165) is 30.4 Å². The Bertz CT molecular complexity index is 572. The van der Waals surface area contributed by atoms with Crippen LogP contribution in [-0.4, -0.2) is 27.6 Å². The second kappa shape index (κ2) is 3.08. The van der Waals surface area contributed by atoms with Crippen LogP contribution in [0.25, 0.3) is 0 Å². The smallest absolute Gasteiger partial charge is 0.432 e. The fourth-order valence-electron chi connectivity index (χ4n) is 3.66. The molecule has 0 aliphatic heterocycles. The molecule has 5 heteroatoms. The lowest BCUT2D eigenvalue weighted by molar-refractivity contribution is 0.191. The van der Waals surface area contributed by atoms with Crippen molar-refractivity contribution in [2.75, 3.05) is 6.61 Å². The maximum absolute atomic E-state index is 10.7. The highest BCUT2D eigenvalue weighted by Gasteiger charge is 2.85. The van der Waals surface area contributed by atoms with E-state index in [2.05, 4.69) is 5.10 Å². The number of hydrogen-bond donors (Lipinski definition) is 1. The average Bonchev–Trinajstić information content (AvgIpc) is 3.33. The number of nitrogens with zero attached hydrogens (tertiary/aromatic N) is 2. The fourth-order valence-corrected chi connectivity index (χ4v) is 3.66. The number of fused-ring (bicyclic) bond motifs is 1. The van der Waals surface area contributed by atoms with Gasteiger partial charge in [-0.25, -0.2) is 4.79 Å². The van der Waals surface area contributed by atoms with Gasteiger partial charge in [0.15, 0.2) is 0 Å². The first-order valence-electron chi connectivity index (χ1n) is 7.33. The van der Waals surface area contributed by atoms with Gasteiger partial charge < -0.3 is 9.84 Å². The number of hydrogen-bond acceptors (Lipinski definition) is 3. The maximum Gasteiger partial charge on any atom is 0.432 e. The molecule has 0 bridgehead atoms. The normalized spacial score (nSPS) is 27.8. The summed E-state index contributed by atoms with van der Waals surface area (Å²) in [5.41, 5.74) is 0.556. The molecule has 1 N–H and O–H groups in total. The van der Waals surface area contributed by atoms with E-state index in [4.69, 9.17) is 12.6 Å². The van der Waals surface area contributed by atoms with Crippen molar-refractivity contribution in [1.82, 2.24) is 9.78 Å². The summed E-state index contributed by atoms with van der Waals surface area (Å²) in [6.45, 7) is -0.0577. The van der Waals surface area contributed by atoms with Gasteiger partial charge in [0.05, 0.1) is 6.61 Å². The fraction of sp³-hybridized carbons (Fsp3) is 0.692. The summed E-state index contributed by atoms with van der Waals surface area (Å²) in [7, 11) is 0. The molecule has 1 aromatic heterocycles. The monoisotopic (exact) mass is 250 g/mol. The molecule has 0 radical (unpaired) electrons. The SMILES string of the molecule is [2H]C([2H])(COc1ccn(C(=O)O)n1)C1C2(CC2)C12CC2. The molecule has 96 valence electrons. The number of aromatic nitrogens is 2. The summed E-state index contributed by atoms with van der Waals surface area (Å²) in [5, 5.41) is 12.5. The van der Waals surface area contributed by atoms with Crippen LogP contribution >= 0.6 is 0 Å². The first kappa shape index (κ1) is 8.56. The van der Waals surface area contributed by atoms with Gasteiger partial charge in [0.1, 0.15) is 0 Å². The minimum absolute atomic E-state index is 0.0577. The van der Waals surface area contributed by atoms with E-state index in [-0.39, 0.29) is 29.2 Å². The zero-order chi connectivity index (χ0) is 14.2. The second-order valence-electron chi connectivity index (χ2n) is 5.62. The summed E-state index contributed by atoms with van der Waals surface area (Å²) in [6, 6.07) is 1.44. The van der Waals surface area contributed by atoms with Crippen LogP contribution in [0.4, 0.5) is 4.79 Å². The molecule has 3 aliphatic carbocycles. The van der Waals surface area contributed by atoms with Crippen molar-refractivity contribution in [3.05, 3.63) is 12.3 Å². The molecule has 0 aromatic carbocycles. The Balaban J connectivity index is 1.42. The van der Waals surface area contributed by atoms with Gasteiger partial charge in [-0.1, -0.05) is 0 Å². The largest absolute Gasteiger partial charge is 0.477 e. The maximum atomic E-state index is 10.7. The lowest BCUT2D eigenvalue weighted by Gasteiger charge is -2.01. The van der Waals surface area contributed by atoms with Gasteiger partial charge in [-0.3, -0.25) is 0 Å². The molecule has 0 amide bonds. The molecule has 5 nitrogen and oxygen atoms in total. The molecule has 18 heavy (non-hydrogen) atoms. The molecular formula is C13H16N2O3. The molecular weight excluding hydrogens is 232 g/mol. The van der Waals surface area contributed by atoms with Crippen LogP contribution in [0.3, 0.4) is 0 Å². The highest BCUT2D eigenvalue weighted by atomic mass is 16.5. The number of carbonyl (C=O) groups is 1. The van der Waals surface area contributed by atoms with Crippen molar-refractivity contribution >= 4 is 6.09 Å². The topological polar surface area (TPSA) is 64.3 Å². The molecule has 3 fully saturated rings. The minimum Gasteiger partial charge on any atom is -0.477 e. The van der Waals surface area contributed by atoms with Gasteiger partial charge in [0, 0.05) is 15.0 Å². The summed E-state index contributed by atoms with van der Waals surface area (Å²) < 4.78 is 22.7. The van der Waals surface area contributed by atoms with E-state index in [0.29, 0.717) is 0 Å². The lowest BCUT2D eigenvalue weighted by atomic mass is 10.2. The predicted octanol–water partition coefficient (Wildman–Crippen LogP) is 2.37. The number of ether oxygens (including phenoxy) is 1. The highest BCUT2D eigenvalue weighted by molar-refractivity contribution is 5.66. The zero-order valence-electron chi connectivity index (χ0n) is 11.9. The second-order valence-corrected chi connectivity index (χ2v) is 5.62. The molecule has 4 rings (SSSR count). The van der Waals surface area contributed by atoms with Crippen molar-refractivity contribution < 1.29 is 17.4 Å². The molecule has 1 aromatic rings. The Labute approximate surface area is 108 Å². The van der Waals surface area contributed by atoms with Crippen molar-refractivity contribution in [3.8, 4) is 5.88 Å². The minimum atomic E-state index is -1.36. The summed E-state index contributed by atoms with van der Waals surface area (Å²) in [6.07, 6.45) is 3.37. The van der Waals surface area contributed by atoms with Gasteiger partial charge in [0.25, 0.3) is 0 Å². The van der Waals surface area contributed by atoms with E-state index in [1.807, 2.05) is 0 Å². The summed E-state index contributed by atoms with van der Waals surface area (Å²) in [4.78, 5) is 10.7. The number of carboxylic acid groups (broad SMARTS) is 1. The van der Waals surface area contributed by atoms with Crippen molar-refractivity contribution in [1.29, 1.82) is 0 Å². The first-order chi connectivity index (χ1) is 9.41. The van der Waals surface area contributed by atoms with E-state index in [9.17, 15) is 4.79 Å². The van der Waals surface area contributed by atoms with Crippen molar-refractivity contribution in [2.45, 2.75) is 32.1 Å². The standard InChI is InChI=1S/C13H16N2O3/c16-11(17)15-7-1-10(14-15)18-8-2-9-12(3-4-12)13(9)5-6-13/h1,7,9H,2-6,8H2,(H,16,17)/i2D2. The molecule has 3 saturated carbocycles. The van der Waals surface area contributed by atoms with Crippen LogP contribution in [0, 0.1) is 16.7 Å². The third kappa shape index (κ3) is 1.22. The van der Waals surface area contributed by atoms with Crippen molar-refractivity contribution in [3.63, 3.8) is 0 Å². The van der Waals surface area contributed by atoms with Gasteiger partial charge in [-0.05, 0) is 48.8 Å². The van der Waals surface area contributed by atoms with E-state index in [1.54, 1.807) is 0 Å². The zero-order valence-corrected chi connectivity index (χ0v) is 9.93. The van der Waals surface area contributed by atoms with Gasteiger partial charge in [0.2, 0.25) is 5.88 Å². The van der Waals surface area contributed by atoms with E-state index >= 15 is 0 Å². The first-order valence-corrected chi connectivity index (χ1v) is 6.33. The molecule has 2 spiro atoms. The summed E-state index contributed by atoms with van der Waals surface area (Å²) >= 11 is 0. The predicted molar refractivity (Wildman–Crippen MR) is 62.6 cm³/mol. The van der Waals surface area contributed by atoms with Crippen LogP contribution in [0.15, 0.2) is 12.3 Å². The van der Waals surface area contributed by atoms with Crippen LogP contribution in [0.5, 0.6) is 5.88 Å². The van der Waals surface area contributed by atoms with E-state index in [1.165, 1.54) is 12.3 Å². The third-order valence-electron chi connectivity index (χ3n) is 4.86. The Hall–Kier alpha value is -1.52. The summed E-state index contributed by atoms with van der Waals surface area (Å²) in [5.74, 6) is 0.274. The Kier molecular flexibility index (Phi) is 1.46. The van der Waals surface area contributed by atoms with Gasteiger partial charge in [-0.15, -0.1) is 5.10 Å². The average molecular weight is 250 g/mol. The number of rotatable bonds is 4. The third-order valence-corrected chi connectivity index (χ3v) is 4.86. The molecule has 1 heterocycles. The van der Waals surface area contributed by atoms with Crippen LogP contribution < -0.4 is 4.74 Å². The molecule has 3 aliphatic rings.